The van der Waals surface area contributed by atoms with Gasteiger partial charge >= 0.3 is 0 Å². The van der Waals surface area contributed by atoms with E-state index >= 15 is 0 Å². The fraction of sp³-hybridized carbons (Fsp3) is 0.647. The van der Waals surface area contributed by atoms with Crippen LogP contribution in [-0.2, 0) is 6.54 Å². The molecule has 0 saturated heterocycles. The molecule has 2 rings (SSSR count). The quantitative estimate of drug-likeness (QED) is 0.861. The van der Waals surface area contributed by atoms with Gasteiger partial charge in [0, 0.05) is 18.8 Å². The lowest BCUT2D eigenvalue weighted by Gasteiger charge is -2.27. The average molecular weight is 260 g/mol. The standard InChI is InChI=1S/C17H28N2/c1-14-8-10-15(11-9-14)12-18-17-7-5-4-6-16(17)13-19(2)3/h4-7,14-15,18H,8-13H2,1-3H3. The Labute approximate surface area is 118 Å². The van der Waals surface area contributed by atoms with Gasteiger partial charge in [-0.25, -0.2) is 0 Å². The molecule has 0 aromatic heterocycles. The summed E-state index contributed by atoms with van der Waals surface area (Å²) in [5, 5.41) is 3.68. The molecule has 0 unspecified atom stereocenters. The lowest BCUT2D eigenvalue weighted by molar-refractivity contribution is 0.300. The number of benzene rings is 1. The summed E-state index contributed by atoms with van der Waals surface area (Å²) in [4.78, 5) is 2.23. The predicted octanol–water partition coefficient (Wildman–Crippen LogP) is 3.99. The van der Waals surface area contributed by atoms with Crippen LogP contribution in [0.5, 0.6) is 0 Å². The summed E-state index contributed by atoms with van der Waals surface area (Å²) in [6, 6.07) is 8.70. The van der Waals surface area contributed by atoms with Gasteiger partial charge in [0.25, 0.3) is 0 Å². The van der Waals surface area contributed by atoms with Crippen molar-refractivity contribution < 1.29 is 0 Å². The highest BCUT2D eigenvalue weighted by Gasteiger charge is 2.18. The van der Waals surface area contributed by atoms with Crippen LogP contribution < -0.4 is 5.32 Å². The molecule has 1 aromatic carbocycles. The first-order valence-corrected chi connectivity index (χ1v) is 7.61. The Morgan fingerprint density at radius 2 is 1.79 bits per heavy atom. The van der Waals surface area contributed by atoms with Crippen molar-refractivity contribution in [2.24, 2.45) is 11.8 Å². The van der Waals surface area contributed by atoms with Crippen molar-refractivity contribution in [1.82, 2.24) is 4.90 Å². The van der Waals surface area contributed by atoms with E-state index in [0.29, 0.717) is 0 Å². The minimum Gasteiger partial charge on any atom is -0.385 e. The van der Waals surface area contributed by atoms with Crippen molar-refractivity contribution in [2.75, 3.05) is 26.0 Å². The molecule has 1 aromatic rings. The van der Waals surface area contributed by atoms with E-state index < -0.39 is 0 Å². The minimum absolute atomic E-state index is 0.864. The van der Waals surface area contributed by atoms with Crippen molar-refractivity contribution in [3.8, 4) is 0 Å². The molecule has 0 bridgehead atoms. The maximum absolute atomic E-state index is 3.68. The van der Waals surface area contributed by atoms with Gasteiger partial charge in [0.1, 0.15) is 0 Å². The number of para-hydroxylation sites is 1. The van der Waals surface area contributed by atoms with Gasteiger partial charge in [0.05, 0.1) is 0 Å². The third kappa shape index (κ3) is 4.54. The van der Waals surface area contributed by atoms with Crippen LogP contribution in [0.1, 0.15) is 38.2 Å². The number of hydrogen-bond donors (Lipinski definition) is 1. The van der Waals surface area contributed by atoms with Crippen LogP contribution in [0.4, 0.5) is 5.69 Å². The lowest BCUT2D eigenvalue weighted by Crippen LogP contribution is -2.21. The van der Waals surface area contributed by atoms with Crippen molar-refractivity contribution in [3.63, 3.8) is 0 Å². The van der Waals surface area contributed by atoms with E-state index in [1.807, 2.05) is 0 Å². The molecule has 1 N–H and O–H groups in total. The highest BCUT2D eigenvalue weighted by molar-refractivity contribution is 5.51. The maximum atomic E-state index is 3.68. The van der Waals surface area contributed by atoms with Crippen LogP contribution in [0.2, 0.25) is 0 Å². The van der Waals surface area contributed by atoms with E-state index in [2.05, 4.69) is 55.5 Å². The molecule has 0 amide bonds. The van der Waals surface area contributed by atoms with Crippen molar-refractivity contribution in [3.05, 3.63) is 29.8 Å². The Bertz CT molecular complexity index is 379. The molecule has 0 atom stereocenters. The number of rotatable bonds is 5. The lowest BCUT2D eigenvalue weighted by atomic mass is 9.83. The predicted molar refractivity (Wildman–Crippen MR) is 83.4 cm³/mol. The Morgan fingerprint density at radius 1 is 1.11 bits per heavy atom. The largest absolute Gasteiger partial charge is 0.385 e. The highest BCUT2D eigenvalue weighted by Crippen LogP contribution is 2.28. The van der Waals surface area contributed by atoms with E-state index in [4.69, 9.17) is 0 Å². The molecule has 1 fully saturated rings. The zero-order valence-corrected chi connectivity index (χ0v) is 12.7. The van der Waals surface area contributed by atoms with Gasteiger partial charge in [0.15, 0.2) is 0 Å². The normalized spacial score (nSPS) is 23.6. The fourth-order valence-electron chi connectivity index (χ4n) is 2.96. The number of hydrogen-bond acceptors (Lipinski definition) is 2. The van der Waals surface area contributed by atoms with Gasteiger partial charge in [-0.15, -0.1) is 0 Å². The van der Waals surface area contributed by atoms with Crippen LogP contribution in [0.25, 0.3) is 0 Å². The molecule has 0 radical (unpaired) electrons. The Morgan fingerprint density at radius 3 is 2.47 bits per heavy atom. The molecule has 2 nitrogen and oxygen atoms in total. The van der Waals surface area contributed by atoms with Crippen LogP contribution in [0.3, 0.4) is 0 Å². The summed E-state index contributed by atoms with van der Waals surface area (Å²) < 4.78 is 0. The summed E-state index contributed by atoms with van der Waals surface area (Å²) in [7, 11) is 4.25. The van der Waals surface area contributed by atoms with Gasteiger partial charge in [-0.1, -0.05) is 38.0 Å². The number of nitrogens with one attached hydrogen (secondary N) is 1. The van der Waals surface area contributed by atoms with Crippen molar-refractivity contribution >= 4 is 5.69 Å². The SMILES string of the molecule is CC1CCC(CNc2ccccc2CN(C)C)CC1. The van der Waals surface area contributed by atoms with Gasteiger partial charge < -0.3 is 10.2 Å². The summed E-state index contributed by atoms with van der Waals surface area (Å²) in [6.45, 7) is 4.53. The Kier molecular flexibility index (Phi) is 5.26. The summed E-state index contributed by atoms with van der Waals surface area (Å²) in [5.41, 5.74) is 2.71. The molecule has 1 aliphatic rings. The summed E-state index contributed by atoms with van der Waals surface area (Å²) in [5.74, 6) is 1.81. The minimum atomic E-state index is 0.864. The van der Waals surface area contributed by atoms with Crippen molar-refractivity contribution in [1.29, 1.82) is 0 Å². The molecule has 1 aliphatic carbocycles. The third-order valence-corrected chi connectivity index (χ3v) is 4.22. The monoisotopic (exact) mass is 260 g/mol. The molecule has 1 saturated carbocycles. The topological polar surface area (TPSA) is 15.3 Å². The molecule has 0 aliphatic heterocycles. The highest BCUT2D eigenvalue weighted by atomic mass is 15.1. The van der Waals surface area contributed by atoms with E-state index in [0.717, 1.165) is 24.9 Å². The Balaban J connectivity index is 1.88. The first-order valence-electron chi connectivity index (χ1n) is 7.61. The van der Waals surface area contributed by atoms with Crippen molar-refractivity contribution in [2.45, 2.75) is 39.2 Å². The first-order chi connectivity index (χ1) is 9.15. The summed E-state index contributed by atoms with van der Waals surface area (Å²) in [6.07, 6.45) is 5.60. The molecular formula is C17H28N2. The Hall–Kier alpha value is -1.02. The van der Waals surface area contributed by atoms with Gasteiger partial charge in [-0.3, -0.25) is 0 Å². The zero-order chi connectivity index (χ0) is 13.7. The second-order valence-corrected chi connectivity index (χ2v) is 6.40. The molecule has 106 valence electrons. The number of nitrogens with zero attached hydrogens (tertiary/aromatic N) is 1. The van der Waals surface area contributed by atoms with Gasteiger partial charge in [0.2, 0.25) is 0 Å². The molecule has 19 heavy (non-hydrogen) atoms. The van der Waals surface area contributed by atoms with Crippen LogP contribution in [0.15, 0.2) is 24.3 Å². The molecular weight excluding hydrogens is 232 g/mol. The molecule has 0 spiro atoms. The van der Waals surface area contributed by atoms with E-state index in [1.165, 1.54) is 36.9 Å². The van der Waals surface area contributed by atoms with Gasteiger partial charge in [-0.05, 0) is 50.4 Å². The van der Waals surface area contributed by atoms with Crippen LogP contribution in [0, 0.1) is 11.8 Å². The van der Waals surface area contributed by atoms with E-state index in [1.54, 1.807) is 0 Å². The maximum Gasteiger partial charge on any atom is 0.0385 e. The molecule has 0 heterocycles. The summed E-state index contributed by atoms with van der Waals surface area (Å²) >= 11 is 0. The second-order valence-electron chi connectivity index (χ2n) is 6.40. The number of anilines is 1. The average Bonchev–Trinajstić information content (AvgIpc) is 2.39. The zero-order valence-electron chi connectivity index (χ0n) is 12.7. The first kappa shape index (κ1) is 14.4. The third-order valence-electron chi connectivity index (χ3n) is 4.22. The van der Waals surface area contributed by atoms with E-state index in [9.17, 15) is 0 Å². The fourth-order valence-corrected chi connectivity index (χ4v) is 2.96. The van der Waals surface area contributed by atoms with Gasteiger partial charge in [-0.2, -0.15) is 0 Å². The van der Waals surface area contributed by atoms with Crippen LogP contribution in [-0.4, -0.2) is 25.5 Å². The molecule has 2 heteroatoms. The second kappa shape index (κ2) is 6.95. The van der Waals surface area contributed by atoms with Crippen LogP contribution >= 0.6 is 0 Å². The van der Waals surface area contributed by atoms with E-state index in [-0.39, 0.29) is 0 Å². The smallest absolute Gasteiger partial charge is 0.0385 e.